The molecule has 1 saturated heterocycles. The van der Waals surface area contributed by atoms with Crippen LogP contribution >= 0.6 is 22.6 Å². The van der Waals surface area contributed by atoms with Crippen molar-refractivity contribution in [1.29, 1.82) is 0 Å². The fourth-order valence-corrected chi connectivity index (χ4v) is 2.13. The standard InChI is InChI=1S/C14H14INO4/c1-9-10(8-20-13(9)17)6-7-19-14(18)16-12-4-2-11(15)3-5-12/h2-5,10H,1,6-8H2,(H,16,18). The van der Waals surface area contributed by atoms with E-state index < -0.39 is 6.09 Å². The largest absolute Gasteiger partial charge is 0.462 e. The zero-order chi connectivity index (χ0) is 14.5. The first-order valence-corrected chi connectivity index (χ1v) is 7.19. The topological polar surface area (TPSA) is 64.6 Å². The van der Waals surface area contributed by atoms with Crippen molar-refractivity contribution in [3.05, 3.63) is 40.0 Å². The predicted octanol–water partition coefficient (Wildman–Crippen LogP) is 2.96. The average Bonchev–Trinajstić information content (AvgIpc) is 2.73. The molecule has 0 spiro atoms. The summed E-state index contributed by atoms with van der Waals surface area (Å²) >= 11 is 2.19. The fourth-order valence-electron chi connectivity index (χ4n) is 1.77. The molecule has 0 aromatic heterocycles. The molecule has 106 valence electrons. The quantitative estimate of drug-likeness (QED) is 0.490. The number of rotatable bonds is 4. The first kappa shape index (κ1) is 14.8. The van der Waals surface area contributed by atoms with Crippen LogP contribution in [-0.2, 0) is 14.3 Å². The summed E-state index contributed by atoms with van der Waals surface area (Å²) in [4.78, 5) is 22.7. The van der Waals surface area contributed by atoms with Gasteiger partial charge in [-0.05, 0) is 53.3 Å². The SMILES string of the molecule is C=C1C(=O)OCC1CCOC(=O)Nc1ccc(I)cc1. The van der Waals surface area contributed by atoms with Gasteiger partial charge in [0.15, 0.2) is 0 Å². The lowest BCUT2D eigenvalue weighted by atomic mass is 10.0. The van der Waals surface area contributed by atoms with Gasteiger partial charge in [-0.25, -0.2) is 9.59 Å². The van der Waals surface area contributed by atoms with Gasteiger partial charge in [0, 0.05) is 20.7 Å². The molecule has 0 saturated carbocycles. The molecular weight excluding hydrogens is 373 g/mol. The Balaban J connectivity index is 1.71. The summed E-state index contributed by atoms with van der Waals surface area (Å²) in [6, 6.07) is 7.38. The van der Waals surface area contributed by atoms with Gasteiger partial charge < -0.3 is 9.47 Å². The number of hydrogen-bond donors (Lipinski definition) is 1. The normalized spacial score (nSPS) is 17.8. The summed E-state index contributed by atoms with van der Waals surface area (Å²) in [6.07, 6.45) is 0.0204. The third-order valence-electron chi connectivity index (χ3n) is 2.96. The second-order valence-electron chi connectivity index (χ2n) is 4.38. The number of nitrogens with one attached hydrogen (secondary N) is 1. The van der Waals surface area contributed by atoms with Crippen molar-refractivity contribution in [2.24, 2.45) is 5.92 Å². The van der Waals surface area contributed by atoms with Gasteiger partial charge in [0.2, 0.25) is 0 Å². The van der Waals surface area contributed by atoms with Gasteiger partial charge >= 0.3 is 12.1 Å². The Morgan fingerprint density at radius 2 is 2.15 bits per heavy atom. The lowest BCUT2D eigenvalue weighted by Crippen LogP contribution is -2.16. The van der Waals surface area contributed by atoms with Gasteiger partial charge in [0.25, 0.3) is 0 Å². The number of hydrogen-bond acceptors (Lipinski definition) is 4. The summed E-state index contributed by atoms with van der Waals surface area (Å²) in [7, 11) is 0. The van der Waals surface area contributed by atoms with Gasteiger partial charge in [-0.1, -0.05) is 6.58 Å². The van der Waals surface area contributed by atoms with Gasteiger partial charge in [0.1, 0.15) is 0 Å². The van der Waals surface area contributed by atoms with Crippen molar-refractivity contribution in [3.8, 4) is 0 Å². The number of carbonyl (C=O) groups excluding carboxylic acids is 2. The maximum Gasteiger partial charge on any atom is 0.411 e. The van der Waals surface area contributed by atoms with Crippen molar-refractivity contribution in [1.82, 2.24) is 0 Å². The van der Waals surface area contributed by atoms with Crippen LogP contribution in [0.4, 0.5) is 10.5 Å². The van der Waals surface area contributed by atoms with Crippen LogP contribution in [0.25, 0.3) is 0 Å². The van der Waals surface area contributed by atoms with E-state index in [4.69, 9.17) is 9.47 Å². The molecule has 1 N–H and O–H groups in total. The van der Waals surface area contributed by atoms with E-state index in [2.05, 4.69) is 34.5 Å². The van der Waals surface area contributed by atoms with Crippen LogP contribution in [0.15, 0.2) is 36.4 Å². The Labute approximate surface area is 130 Å². The molecule has 1 unspecified atom stereocenters. The van der Waals surface area contributed by atoms with Gasteiger partial charge in [-0.3, -0.25) is 5.32 Å². The molecule has 1 amide bonds. The molecule has 1 heterocycles. The number of cyclic esters (lactones) is 1. The molecule has 1 aromatic rings. The Hall–Kier alpha value is -1.57. The Bertz CT molecular complexity index is 526. The first-order valence-electron chi connectivity index (χ1n) is 6.11. The van der Waals surface area contributed by atoms with Crippen molar-refractivity contribution in [2.45, 2.75) is 6.42 Å². The molecule has 5 nitrogen and oxygen atoms in total. The second kappa shape index (κ2) is 6.74. The van der Waals surface area contributed by atoms with Crippen LogP contribution in [0.2, 0.25) is 0 Å². The number of halogens is 1. The van der Waals surface area contributed by atoms with Crippen LogP contribution in [0.3, 0.4) is 0 Å². The Kier molecular flexibility index (Phi) is 4.99. The first-order chi connectivity index (χ1) is 9.56. The van der Waals surface area contributed by atoms with Gasteiger partial charge in [0.05, 0.1) is 13.2 Å². The number of ether oxygens (including phenoxy) is 2. The minimum Gasteiger partial charge on any atom is -0.462 e. The summed E-state index contributed by atoms with van der Waals surface area (Å²) in [5.74, 6) is -0.424. The number of carbonyl (C=O) groups is 2. The van der Waals surface area contributed by atoms with E-state index in [1.54, 1.807) is 12.1 Å². The Morgan fingerprint density at radius 1 is 1.45 bits per heavy atom. The van der Waals surface area contributed by atoms with Crippen LogP contribution in [-0.4, -0.2) is 25.3 Å². The van der Waals surface area contributed by atoms with E-state index in [0.717, 1.165) is 3.57 Å². The highest BCUT2D eigenvalue weighted by atomic mass is 127. The molecule has 0 bridgehead atoms. The highest BCUT2D eigenvalue weighted by Crippen LogP contribution is 2.22. The molecule has 1 aliphatic rings. The zero-order valence-electron chi connectivity index (χ0n) is 10.7. The summed E-state index contributed by atoms with van der Waals surface area (Å²) in [5, 5.41) is 2.63. The van der Waals surface area contributed by atoms with Crippen molar-refractivity contribution < 1.29 is 19.1 Å². The van der Waals surface area contributed by atoms with Crippen LogP contribution in [0, 0.1) is 9.49 Å². The molecule has 6 heteroatoms. The highest BCUT2D eigenvalue weighted by Gasteiger charge is 2.28. The predicted molar refractivity (Wildman–Crippen MR) is 82.3 cm³/mol. The second-order valence-corrected chi connectivity index (χ2v) is 5.62. The fraction of sp³-hybridized carbons (Fsp3) is 0.286. The molecule has 1 aliphatic heterocycles. The number of benzene rings is 1. The Morgan fingerprint density at radius 3 is 2.75 bits per heavy atom. The molecular formula is C14H14INO4. The van der Waals surface area contributed by atoms with Crippen molar-refractivity contribution >= 4 is 40.3 Å². The number of esters is 1. The number of anilines is 1. The summed E-state index contributed by atoms with van der Waals surface area (Å²) < 4.78 is 11.0. The van der Waals surface area contributed by atoms with Crippen LogP contribution in [0.5, 0.6) is 0 Å². The lowest BCUT2D eigenvalue weighted by Gasteiger charge is -2.09. The number of amides is 1. The van der Waals surface area contributed by atoms with E-state index in [1.165, 1.54) is 0 Å². The molecule has 2 rings (SSSR count). The summed E-state index contributed by atoms with van der Waals surface area (Å²) in [6.45, 7) is 4.20. The van der Waals surface area contributed by atoms with Crippen molar-refractivity contribution in [3.63, 3.8) is 0 Å². The van der Waals surface area contributed by atoms with Crippen LogP contribution < -0.4 is 5.32 Å². The molecule has 1 aromatic carbocycles. The minimum atomic E-state index is -0.512. The van der Waals surface area contributed by atoms with E-state index in [9.17, 15) is 9.59 Å². The van der Waals surface area contributed by atoms with Gasteiger partial charge in [-0.15, -0.1) is 0 Å². The average molecular weight is 387 g/mol. The smallest absolute Gasteiger partial charge is 0.411 e. The van der Waals surface area contributed by atoms with Gasteiger partial charge in [-0.2, -0.15) is 0 Å². The highest BCUT2D eigenvalue weighted by molar-refractivity contribution is 14.1. The lowest BCUT2D eigenvalue weighted by molar-refractivity contribution is -0.135. The van der Waals surface area contributed by atoms with E-state index >= 15 is 0 Å². The maximum absolute atomic E-state index is 11.6. The monoisotopic (exact) mass is 387 g/mol. The van der Waals surface area contributed by atoms with Crippen LogP contribution in [0.1, 0.15) is 6.42 Å². The molecule has 20 heavy (non-hydrogen) atoms. The maximum atomic E-state index is 11.6. The van der Waals surface area contributed by atoms with Crippen molar-refractivity contribution in [2.75, 3.05) is 18.5 Å². The van der Waals surface area contributed by atoms with E-state index in [0.29, 0.717) is 24.3 Å². The molecule has 0 aliphatic carbocycles. The van der Waals surface area contributed by atoms with E-state index in [-0.39, 0.29) is 18.5 Å². The molecule has 1 fully saturated rings. The minimum absolute atomic E-state index is 0.0615. The third kappa shape index (κ3) is 3.96. The zero-order valence-corrected chi connectivity index (χ0v) is 12.9. The molecule has 1 atom stereocenters. The summed E-state index contributed by atoms with van der Waals surface area (Å²) in [5.41, 5.74) is 1.13. The van der Waals surface area contributed by atoms with E-state index in [1.807, 2.05) is 12.1 Å². The third-order valence-corrected chi connectivity index (χ3v) is 3.68. The molecule has 0 radical (unpaired) electrons.